The molecule has 0 bridgehead atoms. The van der Waals surface area contributed by atoms with Gasteiger partial charge in [0.25, 0.3) is 0 Å². The van der Waals surface area contributed by atoms with Crippen LogP contribution in [0, 0.1) is 5.41 Å². The summed E-state index contributed by atoms with van der Waals surface area (Å²) in [6.07, 6.45) is 7.89. The smallest absolute Gasteiger partial charge is 0.227 e. The van der Waals surface area contributed by atoms with Gasteiger partial charge in [0.2, 0.25) is 5.91 Å². The van der Waals surface area contributed by atoms with Crippen LogP contribution in [-0.4, -0.2) is 36.5 Å². The van der Waals surface area contributed by atoms with Crippen molar-refractivity contribution in [1.29, 1.82) is 0 Å². The lowest BCUT2D eigenvalue weighted by Crippen LogP contribution is -2.59. The Morgan fingerprint density at radius 3 is 2.73 bits per heavy atom. The third-order valence-corrected chi connectivity index (χ3v) is 6.90. The fourth-order valence-electron chi connectivity index (χ4n) is 5.38. The van der Waals surface area contributed by atoms with E-state index in [2.05, 4.69) is 36.2 Å². The number of hydrogen-bond acceptors (Lipinski definition) is 3. The van der Waals surface area contributed by atoms with E-state index >= 15 is 0 Å². The first-order valence-electron chi connectivity index (χ1n) is 10.4. The fraction of sp³-hybridized carbons (Fsp3) is 0.682. The molecule has 1 N–H and O–H groups in total. The quantitative estimate of drug-likeness (QED) is 0.898. The Labute approximate surface area is 157 Å². The van der Waals surface area contributed by atoms with Gasteiger partial charge in [0, 0.05) is 24.7 Å². The third kappa shape index (κ3) is 3.02. The second-order valence-corrected chi connectivity index (χ2v) is 8.28. The van der Waals surface area contributed by atoms with Crippen LogP contribution in [0.2, 0.25) is 0 Å². The number of carbonyl (C=O) groups excluding carboxylic acids is 1. The molecule has 1 spiro atoms. The number of rotatable bonds is 4. The zero-order valence-corrected chi connectivity index (χ0v) is 16.3. The van der Waals surface area contributed by atoms with Crippen LogP contribution >= 0.6 is 0 Å². The molecule has 1 aromatic carbocycles. The van der Waals surface area contributed by atoms with Crippen LogP contribution in [0.5, 0.6) is 5.75 Å². The van der Waals surface area contributed by atoms with Crippen molar-refractivity contribution < 1.29 is 9.53 Å². The molecule has 4 nitrogen and oxygen atoms in total. The molecule has 1 amide bonds. The van der Waals surface area contributed by atoms with Gasteiger partial charge < -0.3 is 10.1 Å². The number of amides is 1. The summed E-state index contributed by atoms with van der Waals surface area (Å²) in [7, 11) is 0. The van der Waals surface area contributed by atoms with E-state index in [0.717, 1.165) is 51.1 Å². The Morgan fingerprint density at radius 2 is 1.96 bits per heavy atom. The molecule has 0 saturated carbocycles. The molecular weight excluding hydrogens is 324 g/mol. The minimum atomic E-state index is -0.195. The maximum Gasteiger partial charge on any atom is 0.227 e. The summed E-state index contributed by atoms with van der Waals surface area (Å²) in [6, 6.07) is 4.93. The van der Waals surface area contributed by atoms with Crippen molar-refractivity contribution >= 4 is 5.91 Å². The molecule has 4 heteroatoms. The van der Waals surface area contributed by atoms with E-state index in [-0.39, 0.29) is 17.4 Å². The summed E-state index contributed by atoms with van der Waals surface area (Å²) in [4.78, 5) is 15.3. The lowest BCUT2D eigenvalue weighted by molar-refractivity contribution is -0.142. The highest BCUT2D eigenvalue weighted by molar-refractivity contribution is 5.84. The Bertz CT molecular complexity index is 683. The standard InChI is InChI=1S/C22H32N2O2/c1-3-26-20-14-18-8-4-7-17(18)13-19(20)15-24-12-6-10-22(16(24)2)9-5-11-23-21(22)25/h13-14,16H,3-12,15H2,1-2H3,(H,23,25)/t16-,22+/m1/s1. The second-order valence-electron chi connectivity index (χ2n) is 8.28. The second kappa shape index (κ2) is 7.22. The van der Waals surface area contributed by atoms with Crippen molar-refractivity contribution in [2.45, 2.75) is 71.4 Å². The minimum Gasteiger partial charge on any atom is -0.494 e. The molecule has 1 aromatic rings. The highest BCUT2D eigenvalue weighted by Gasteiger charge is 2.48. The van der Waals surface area contributed by atoms with E-state index in [4.69, 9.17) is 4.74 Å². The van der Waals surface area contributed by atoms with Crippen LogP contribution in [0.3, 0.4) is 0 Å². The van der Waals surface area contributed by atoms with Crippen LogP contribution in [-0.2, 0) is 24.2 Å². The van der Waals surface area contributed by atoms with E-state index in [0.29, 0.717) is 6.61 Å². The van der Waals surface area contributed by atoms with Gasteiger partial charge in [-0.2, -0.15) is 0 Å². The Hall–Kier alpha value is -1.55. The number of nitrogens with one attached hydrogen (secondary N) is 1. The van der Waals surface area contributed by atoms with Crippen LogP contribution in [0.15, 0.2) is 12.1 Å². The van der Waals surface area contributed by atoms with Crippen molar-refractivity contribution in [2.75, 3.05) is 19.7 Å². The zero-order valence-electron chi connectivity index (χ0n) is 16.3. The minimum absolute atomic E-state index is 0.195. The number of aryl methyl sites for hydroxylation is 2. The van der Waals surface area contributed by atoms with Gasteiger partial charge in [0.15, 0.2) is 0 Å². The number of fused-ring (bicyclic) bond motifs is 1. The molecule has 26 heavy (non-hydrogen) atoms. The molecule has 2 aliphatic heterocycles. The summed E-state index contributed by atoms with van der Waals surface area (Å²) in [5, 5.41) is 3.13. The number of ether oxygens (including phenoxy) is 1. The predicted molar refractivity (Wildman–Crippen MR) is 103 cm³/mol. The van der Waals surface area contributed by atoms with E-state index in [1.807, 2.05) is 0 Å². The van der Waals surface area contributed by atoms with E-state index in [1.54, 1.807) is 0 Å². The molecule has 0 aromatic heterocycles. The molecule has 4 rings (SSSR count). The number of hydrogen-bond donors (Lipinski definition) is 1. The van der Waals surface area contributed by atoms with E-state index in [1.165, 1.54) is 36.0 Å². The van der Waals surface area contributed by atoms with Crippen LogP contribution in [0.1, 0.15) is 62.6 Å². The molecule has 2 heterocycles. The predicted octanol–water partition coefficient (Wildman–Crippen LogP) is 3.45. The Kier molecular flexibility index (Phi) is 4.96. The lowest BCUT2D eigenvalue weighted by Gasteiger charge is -2.49. The Morgan fingerprint density at radius 1 is 1.19 bits per heavy atom. The highest BCUT2D eigenvalue weighted by atomic mass is 16.5. The molecule has 142 valence electrons. The number of likely N-dealkylation sites (tertiary alicyclic amines) is 1. The SMILES string of the molecule is CCOc1cc2c(cc1CN1CCC[C@@]3(CCCNC3=O)[C@H]1C)CCC2. The molecule has 0 unspecified atom stereocenters. The topological polar surface area (TPSA) is 41.6 Å². The first-order chi connectivity index (χ1) is 12.6. The molecule has 3 aliphatic rings. The average molecular weight is 357 g/mol. The molecule has 2 fully saturated rings. The van der Waals surface area contributed by atoms with Gasteiger partial charge in [-0.05, 0) is 82.5 Å². The van der Waals surface area contributed by atoms with E-state index < -0.39 is 0 Å². The maximum atomic E-state index is 12.7. The van der Waals surface area contributed by atoms with Crippen molar-refractivity contribution in [3.8, 4) is 5.75 Å². The number of benzene rings is 1. The summed E-state index contributed by atoms with van der Waals surface area (Å²) < 4.78 is 5.99. The largest absolute Gasteiger partial charge is 0.494 e. The van der Waals surface area contributed by atoms with Crippen LogP contribution in [0.4, 0.5) is 0 Å². The van der Waals surface area contributed by atoms with Crippen molar-refractivity contribution in [3.05, 3.63) is 28.8 Å². The van der Waals surface area contributed by atoms with Gasteiger partial charge in [-0.3, -0.25) is 9.69 Å². The third-order valence-electron chi connectivity index (χ3n) is 6.90. The average Bonchev–Trinajstić information content (AvgIpc) is 3.09. The van der Waals surface area contributed by atoms with Crippen LogP contribution in [0.25, 0.3) is 0 Å². The summed E-state index contributed by atoms with van der Waals surface area (Å²) in [5.41, 5.74) is 4.07. The number of nitrogens with zero attached hydrogens (tertiary/aromatic N) is 1. The van der Waals surface area contributed by atoms with Crippen molar-refractivity contribution in [1.82, 2.24) is 10.2 Å². The molecule has 2 saturated heterocycles. The highest BCUT2D eigenvalue weighted by Crippen LogP contribution is 2.43. The van der Waals surface area contributed by atoms with Gasteiger partial charge in [0.05, 0.1) is 12.0 Å². The Balaban J connectivity index is 1.59. The first kappa shape index (κ1) is 17.8. The van der Waals surface area contributed by atoms with Gasteiger partial charge >= 0.3 is 0 Å². The van der Waals surface area contributed by atoms with Gasteiger partial charge in [-0.15, -0.1) is 0 Å². The van der Waals surface area contributed by atoms with Crippen LogP contribution < -0.4 is 10.1 Å². The summed E-state index contributed by atoms with van der Waals surface area (Å²) in [6.45, 7) is 7.82. The molecule has 1 aliphatic carbocycles. The van der Waals surface area contributed by atoms with Crippen molar-refractivity contribution in [3.63, 3.8) is 0 Å². The molecule has 0 radical (unpaired) electrons. The van der Waals surface area contributed by atoms with Gasteiger partial charge in [0.1, 0.15) is 5.75 Å². The van der Waals surface area contributed by atoms with Gasteiger partial charge in [-0.25, -0.2) is 0 Å². The molecular formula is C22H32N2O2. The number of piperidine rings is 2. The molecule has 2 atom stereocenters. The lowest BCUT2D eigenvalue weighted by atomic mass is 9.68. The zero-order chi connectivity index (χ0) is 18.1. The van der Waals surface area contributed by atoms with E-state index in [9.17, 15) is 4.79 Å². The number of carbonyl (C=O) groups is 1. The summed E-state index contributed by atoms with van der Waals surface area (Å²) >= 11 is 0. The van der Waals surface area contributed by atoms with Gasteiger partial charge in [-0.1, -0.05) is 6.07 Å². The normalized spacial score (nSPS) is 28.8. The fourth-order valence-corrected chi connectivity index (χ4v) is 5.38. The first-order valence-corrected chi connectivity index (χ1v) is 10.4. The monoisotopic (exact) mass is 356 g/mol. The summed E-state index contributed by atoms with van der Waals surface area (Å²) in [5.74, 6) is 1.33. The van der Waals surface area contributed by atoms with Crippen molar-refractivity contribution in [2.24, 2.45) is 5.41 Å². The maximum absolute atomic E-state index is 12.7.